The van der Waals surface area contributed by atoms with Crippen molar-refractivity contribution in [3.05, 3.63) is 59.9 Å². The molecule has 0 aliphatic heterocycles. The topological polar surface area (TPSA) is 89.9 Å². The highest BCUT2D eigenvalue weighted by molar-refractivity contribution is 6.04. The Labute approximate surface area is 155 Å². The van der Waals surface area contributed by atoms with Crippen LogP contribution in [-0.4, -0.2) is 42.5 Å². The van der Waals surface area contributed by atoms with Gasteiger partial charge in [-0.05, 0) is 25.1 Å². The Hall–Kier alpha value is -3.55. The molecule has 0 atom stereocenters. The minimum atomic E-state index is -0.156. The molecule has 0 saturated heterocycles. The van der Waals surface area contributed by atoms with E-state index in [-0.39, 0.29) is 12.5 Å². The number of nitrogens with zero attached hydrogens (tertiary/aromatic N) is 6. The monoisotopic (exact) mass is 362 g/mol. The molecule has 0 saturated carbocycles. The van der Waals surface area contributed by atoms with Crippen LogP contribution in [0.1, 0.15) is 21.9 Å². The number of fused-ring (bicyclic) bond motifs is 1. The highest BCUT2D eigenvalue weighted by Gasteiger charge is 2.20. The van der Waals surface area contributed by atoms with Gasteiger partial charge in [-0.15, -0.1) is 0 Å². The average molecular weight is 362 g/mol. The first-order valence-electron chi connectivity index (χ1n) is 8.45. The summed E-state index contributed by atoms with van der Waals surface area (Å²) in [7, 11) is 3.59. The molecule has 1 amide bonds. The fraction of sp³-hybridized carbons (Fsp3) is 0.211. The van der Waals surface area contributed by atoms with Crippen molar-refractivity contribution < 1.29 is 9.32 Å². The van der Waals surface area contributed by atoms with E-state index in [4.69, 9.17) is 4.52 Å². The summed E-state index contributed by atoms with van der Waals surface area (Å²) in [6, 6.07) is 9.06. The summed E-state index contributed by atoms with van der Waals surface area (Å²) in [5.74, 6) is 1.22. The molecular formula is C19H18N6O2. The van der Waals surface area contributed by atoms with Crippen molar-refractivity contribution in [1.29, 1.82) is 0 Å². The highest BCUT2D eigenvalue weighted by Crippen LogP contribution is 2.20. The SMILES string of the molecule is Cc1nc2c(C(=O)N(C)Cc3cc(-c4ccccn4)no3)ccnc2n1C. The molecule has 136 valence electrons. The van der Waals surface area contributed by atoms with Gasteiger partial charge in [0.25, 0.3) is 5.91 Å². The summed E-state index contributed by atoms with van der Waals surface area (Å²) in [4.78, 5) is 27.5. The van der Waals surface area contributed by atoms with Crippen LogP contribution in [0.25, 0.3) is 22.6 Å². The van der Waals surface area contributed by atoms with Gasteiger partial charge in [0, 0.05) is 32.6 Å². The molecule has 4 aromatic rings. The lowest BCUT2D eigenvalue weighted by atomic mass is 10.2. The quantitative estimate of drug-likeness (QED) is 0.554. The zero-order valence-corrected chi connectivity index (χ0v) is 15.2. The van der Waals surface area contributed by atoms with Gasteiger partial charge in [-0.1, -0.05) is 11.2 Å². The number of carbonyl (C=O) groups excluding carboxylic acids is 1. The Balaban J connectivity index is 1.57. The van der Waals surface area contributed by atoms with E-state index >= 15 is 0 Å². The molecule has 0 fully saturated rings. The van der Waals surface area contributed by atoms with Gasteiger partial charge in [-0.25, -0.2) is 9.97 Å². The Morgan fingerprint density at radius 2 is 2.04 bits per heavy atom. The van der Waals surface area contributed by atoms with Gasteiger partial charge in [-0.3, -0.25) is 9.78 Å². The van der Waals surface area contributed by atoms with Crippen molar-refractivity contribution in [3.8, 4) is 11.4 Å². The molecule has 4 heterocycles. The van der Waals surface area contributed by atoms with E-state index in [1.165, 1.54) is 0 Å². The van der Waals surface area contributed by atoms with E-state index in [1.807, 2.05) is 36.7 Å². The van der Waals surface area contributed by atoms with Crippen molar-refractivity contribution in [2.24, 2.45) is 7.05 Å². The fourth-order valence-corrected chi connectivity index (χ4v) is 2.89. The standard InChI is InChI=1S/C19H18N6O2/c1-12-22-17-14(7-9-21-18(17)25(12)3)19(26)24(2)11-13-10-16(23-27-13)15-6-4-5-8-20-15/h4-10H,11H2,1-3H3. The largest absolute Gasteiger partial charge is 0.359 e. The normalized spacial score (nSPS) is 11.1. The fourth-order valence-electron chi connectivity index (χ4n) is 2.89. The molecule has 27 heavy (non-hydrogen) atoms. The van der Waals surface area contributed by atoms with E-state index in [2.05, 4.69) is 20.1 Å². The van der Waals surface area contributed by atoms with Crippen molar-refractivity contribution in [1.82, 2.24) is 29.6 Å². The van der Waals surface area contributed by atoms with Crippen LogP contribution in [0, 0.1) is 6.92 Å². The summed E-state index contributed by atoms with van der Waals surface area (Å²) in [5, 5.41) is 4.04. The van der Waals surface area contributed by atoms with Gasteiger partial charge in [0.2, 0.25) is 0 Å². The first-order valence-corrected chi connectivity index (χ1v) is 8.45. The minimum Gasteiger partial charge on any atom is -0.359 e. The van der Waals surface area contributed by atoms with Gasteiger partial charge < -0.3 is 14.0 Å². The summed E-state index contributed by atoms with van der Waals surface area (Å²) < 4.78 is 7.23. The van der Waals surface area contributed by atoms with Crippen molar-refractivity contribution in [2.45, 2.75) is 13.5 Å². The first-order chi connectivity index (χ1) is 13.0. The van der Waals surface area contributed by atoms with Crippen LogP contribution >= 0.6 is 0 Å². The van der Waals surface area contributed by atoms with Crippen LogP contribution < -0.4 is 0 Å². The third-order valence-electron chi connectivity index (χ3n) is 4.44. The van der Waals surface area contributed by atoms with E-state index in [1.54, 1.807) is 36.5 Å². The molecule has 0 N–H and O–H groups in total. The lowest BCUT2D eigenvalue weighted by Crippen LogP contribution is -2.26. The van der Waals surface area contributed by atoms with Crippen LogP contribution in [0.3, 0.4) is 0 Å². The Morgan fingerprint density at radius 1 is 1.19 bits per heavy atom. The van der Waals surface area contributed by atoms with Gasteiger partial charge in [0.15, 0.2) is 11.4 Å². The number of aryl methyl sites for hydroxylation is 2. The first kappa shape index (κ1) is 16.9. The maximum Gasteiger partial charge on any atom is 0.256 e. The number of rotatable bonds is 4. The molecule has 0 radical (unpaired) electrons. The molecule has 0 aliphatic carbocycles. The molecule has 0 bridgehead atoms. The molecule has 0 aliphatic rings. The lowest BCUT2D eigenvalue weighted by Gasteiger charge is -2.15. The van der Waals surface area contributed by atoms with Crippen LogP contribution in [-0.2, 0) is 13.6 Å². The zero-order chi connectivity index (χ0) is 19.0. The lowest BCUT2D eigenvalue weighted by molar-refractivity contribution is 0.0774. The van der Waals surface area contributed by atoms with E-state index in [0.29, 0.717) is 28.2 Å². The Kier molecular flexibility index (Phi) is 4.15. The summed E-state index contributed by atoms with van der Waals surface area (Å²) >= 11 is 0. The highest BCUT2D eigenvalue weighted by atomic mass is 16.5. The average Bonchev–Trinajstić information content (AvgIpc) is 3.27. The summed E-state index contributed by atoms with van der Waals surface area (Å²) in [6.07, 6.45) is 3.32. The third-order valence-corrected chi connectivity index (χ3v) is 4.44. The number of imidazole rings is 1. The predicted molar refractivity (Wildman–Crippen MR) is 98.8 cm³/mol. The molecule has 0 unspecified atom stereocenters. The molecule has 8 nitrogen and oxygen atoms in total. The number of aromatic nitrogens is 5. The van der Waals surface area contributed by atoms with Crippen LogP contribution in [0.15, 0.2) is 47.2 Å². The second kappa shape index (κ2) is 6.64. The predicted octanol–water partition coefficient (Wildman–Crippen LogP) is 2.60. The van der Waals surface area contributed by atoms with E-state index < -0.39 is 0 Å². The molecular weight excluding hydrogens is 344 g/mol. The summed E-state index contributed by atoms with van der Waals surface area (Å²) in [5.41, 5.74) is 3.15. The molecule has 0 aromatic carbocycles. The van der Waals surface area contributed by atoms with Crippen molar-refractivity contribution >= 4 is 17.1 Å². The van der Waals surface area contributed by atoms with Crippen molar-refractivity contribution in [2.75, 3.05) is 7.05 Å². The Morgan fingerprint density at radius 3 is 2.81 bits per heavy atom. The van der Waals surface area contributed by atoms with Crippen LogP contribution in [0.4, 0.5) is 0 Å². The zero-order valence-electron chi connectivity index (χ0n) is 15.2. The van der Waals surface area contributed by atoms with Gasteiger partial charge in [0.05, 0.1) is 17.8 Å². The smallest absolute Gasteiger partial charge is 0.256 e. The Bertz CT molecular complexity index is 1120. The number of carbonyl (C=O) groups is 1. The number of hydrogen-bond donors (Lipinski definition) is 0. The van der Waals surface area contributed by atoms with Crippen LogP contribution in [0.5, 0.6) is 0 Å². The number of pyridine rings is 2. The van der Waals surface area contributed by atoms with E-state index in [9.17, 15) is 4.79 Å². The van der Waals surface area contributed by atoms with Gasteiger partial charge in [-0.2, -0.15) is 0 Å². The minimum absolute atomic E-state index is 0.156. The van der Waals surface area contributed by atoms with Gasteiger partial charge in [0.1, 0.15) is 17.0 Å². The summed E-state index contributed by atoms with van der Waals surface area (Å²) in [6.45, 7) is 2.17. The third kappa shape index (κ3) is 3.05. The maximum atomic E-state index is 12.9. The number of hydrogen-bond acceptors (Lipinski definition) is 6. The molecule has 4 aromatic heterocycles. The van der Waals surface area contributed by atoms with E-state index in [0.717, 1.165) is 11.5 Å². The van der Waals surface area contributed by atoms with Crippen LogP contribution in [0.2, 0.25) is 0 Å². The second-order valence-corrected chi connectivity index (χ2v) is 6.30. The molecule has 0 spiro atoms. The van der Waals surface area contributed by atoms with Crippen molar-refractivity contribution in [3.63, 3.8) is 0 Å². The molecule has 8 heteroatoms. The second-order valence-electron chi connectivity index (χ2n) is 6.30. The number of amides is 1. The van der Waals surface area contributed by atoms with Gasteiger partial charge >= 0.3 is 0 Å². The molecule has 4 rings (SSSR count). The maximum absolute atomic E-state index is 12.9.